The van der Waals surface area contributed by atoms with Crippen molar-refractivity contribution in [2.24, 2.45) is 10.9 Å². The lowest BCUT2D eigenvalue weighted by Crippen LogP contribution is -2.23. The molecule has 0 aromatic carbocycles. The predicted molar refractivity (Wildman–Crippen MR) is 74.3 cm³/mol. The Balaban J connectivity index is 1.96. The summed E-state index contributed by atoms with van der Waals surface area (Å²) in [4.78, 5) is 9.04. The van der Waals surface area contributed by atoms with Gasteiger partial charge in [0.25, 0.3) is 0 Å². The normalized spacial score (nSPS) is 21.4. The average Bonchev–Trinajstić information content (AvgIpc) is 2.79. The number of nitrogens with zero attached hydrogens (tertiary/aromatic N) is 2. The maximum atomic E-state index is 4.69. The van der Waals surface area contributed by atoms with Crippen molar-refractivity contribution in [3.05, 3.63) is 30.1 Å². The SMILES string of the molecule is CC(NC1=NC(C(C)C)CS1)c1ccccn1. The third-order valence-corrected chi connectivity index (χ3v) is 3.92. The van der Waals surface area contributed by atoms with Crippen LogP contribution in [0.5, 0.6) is 0 Å². The number of aromatic nitrogens is 1. The number of amidine groups is 1. The van der Waals surface area contributed by atoms with Crippen LogP contribution in [0, 0.1) is 5.92 Å². The van der Waals surface area contributed by atoms with Gasteiger partial charge in [0.05, 0.1) is 17.8 Å². The van der Waals surface area contributed by atoms with E-state index >= 15 is 0 Å². The monoisotopic (exact) mass is 249 g/mol. The van der Waals surface area contributed by atoms with E-state index in [-0.39, 0.29) is 6.04 Å². The lowest BCUT2D eigenvalue weighted by atomic mass is 10.1. The van der Waals surface area contributed by atoms with Crippen LogP contribution in [0.1, 0.15) is 32.5 Å². The van der Waals surface area contributed by atoms with Crippen molar-refractivity contribution < 1.29 is 0 Å². The van der Waals surface area contributed by atoms with Gasteiger partial charge in [-0.15, -0.1) is 0 Å². The van der Waals surface area contributed by atoms with E-state index in [0.717, 1.165) is 16.6 Å². The van der Waals surface area contributed by atoms with E-state index in [2.05, 4.69) is 31.1 Å². The summed E-state index contributed by atoms with van der Waals surface area (Å²) in [6, 6.07) is 6.66. The highest BCUT2D eigenvalue weighted by atomic mass is 32.2. The lowest BCUT2D eigenvalue weighted by Gasteiger charge is -2.13. The van der Waals surface area contributed by atoms with E-state index in [4.69, 9.17) is 4.99 Å². The van der Waals surface area contributed by atoms with Gasteiger partial charge in [-0.3, -0.25) is 9.98 Å². The highest BCUT2D eigenvalue weighted by Gasteiger charge is 2.22. The molecule has 2 atom stereocenters. The molecule has 2 heterocycles. The van der Waals surface area contributed by atoms with Crippen molar-refractivity contribution in [3.8, 4) is 0 Å². The van der Waals surface area contributed by atoms with Crippen molar-refractivity contribution in [2.75, 3.05) is 5.75 Å². The standard InChI is InChI=1S/C13H19N3S/c1-9(2)12-8-17-13(16-12)15-10(3)11-6-4-5-7-14-11/h4-7,9-10,12H,8H2,1-3H3,(H,15,16). The van der Waals surface area contributed by atoms with Gasteiger partial charge in [0, 0.05) is 11.9 Å². The van der Waals surface area contributed by atoms with Gasteiger partial charge in [-0.05, 0) is 25.0 Å². The fourth-order valence-corrected chi connectivity index (χ4v) is 2.96. The first-order chi connectivity index (χ1) is 8.16. The van der Waals surface area contributed by atoms with Crippen LogP contribution in [0.15, 0.2) is 29.4 Å². The minimum atomic E-state index is 0.216. The molecule has 0 radical (unpaired) electrons. The van der Waals surface area contributed by atoms with Crippen molar-refractivity contribution in [1.82, 2.24) is 10.3 Å². The van der Waals surface area contributed by atoms with Gasteiger partial charge in [0.2, 0.25) is 0 Å². The number of nitrogens with one attached hydrogen (secondary N) is 1. The molecule has 1 aliphatic heterocycles. The van der Waals surface area contributed by atoms with Gasteiger partial charge in [-0.2, -0.15) is 0 Å². The number of pyridine rings is 1. The highest BCUT2D eigenvalue weighted by Crippen LogP contribution is 2.23. The summed E-state index contributed by atoms with van der Waals surface area (Å²) in [5.41, 5.74) is 1.06. The van der Waals surface area contributed by atoms with Crippen LogP contribution < -0.4 is 5.32 Å². The van der Waals surface area contributed by atoms with Crippen LogP contribution in [-0.2, 0) is 0 Å². The third kappa shape index (κ3) is 3.22. The molecule has 1 aromatic rings. The lowest BCUT2D eigenvalue weighted by molar-refractivity contribution is 0.541. The number of hydrogen-bond donors (Lipinski definition) is 1. The third-order valence-electron chi connectivity index (χ3n) is 2.91. The molecule has 0 fully saturated rings. The first-order valence-corrected chi connectivity index (χ1v) is 7.03. The van der Waals surface area contributed by atoms with Crippen LogP contribution in [0.2, 0.25) is 0 Å². The van der Waals surface area contributed by atoms with E-state index in [1.54, 1.807) is 0 Å². The van der Waals surface area contributed by atoms with Gasteiger partial charge in [0.1, 0.15) is 0 Å². The molecule has 4 heteroatoms. The Morgan fingerprint density at radius 1 is 1.35 bits per heavy atom. The Kier molecular flexibility index (Phi) is 4.05. The quantitative estimate of drug-likeness (QED) is 0.895. The summed E-state index contributed by atoms with van der Waals surface area (Å²) >= 11 is 1.81. The second-order valence-corrected chi connectivity index (χ2v) is 5.69. The molecule has 0 aliphatic carbocycles. The molecule has 0 amide bonds. The highest BCUT2D eigenvalue weighted by molar-refractivity contribution is 8.14. The maximum absolute atomic E-state index is 4.69. The molecule has 17 heavy (non-hydrogen) atoms. The van der Waals surface area contributed by atoms with E-state index in [1.165, 1.54) is 0 Å². The average molecular weight is 249 g/mol. The minimum Gasteiger partial charge on any atom is -0.357 e. The van der Waals surface area contributed by atoms with Crippen molar-refractivity contribution in [2.45, 2.75) is 32.9 Å². The summed E-state index contributed by atoms with van der Waals surface area (Å²) < 4.78 is 0. The summed E-state index contributed by atoms with van der Waals surface area (Å²) in [6.07, 6.45) is 1.83. The van der Waals surface area contributed by atoms with Gasteiger partial charge < -0.3 is 5.32 Å². The molecular weight excluding hydrogens is 230 g/mol. The van der Waals surface area contributed by atoms with E-state index in [0.29, 0.717) is 12.0 Å². The zero-order valence-corrected chi connectivity index (χ0v) is 11.4. The zero-order valence-electron chi connectivity index (χ0n) is 10.6. The van der Waals surface area contributed by atoms with Gasteiger partial charge in [-0.25, -0.2) is 0 Å². The van der Waals surface area contributed by atoms with Crippen LogP contribution in [-0.4, -0.2) is 21.9 Å². The van der Waals surface area contributed by atoms with Crippen LogP contribution in [0.3, 0.4) is 0 Å². The molecule has 1 aromatic heterocycles. The van der Waals surface area contributed by atoms with E-state index in [1.807, 2.05) is 36.2 Å². The van der Waals surface area contributed by atoms with Crippen LogP contribution >= 0.6 is 11.8 Å². The summed E-state index contributed by atoms with van der Waals surface area (Å²) in [5, 5.41) is 4.49. The van der Waals surface area contributed by atoms with Crippen molar-refractivity contribution >= 4 is 16.9 Å². The summed E-state index contributed by atoms with van der Waals surface area (Å²) in [7, 11) is 0. The van der Waals surface area contributed by atoms with Gasteiger partial charge >= 0.3 is 0 Å². The number of aliphatic imine (C=N–C) groups is 1. The fraction of sp³-hybridized carbons (Fsp3) is 0.538. The Labute approximate surface area is 107 Å². The van der Waals surface area contributed by atoms with E-state index < -0.39 is 0 Å². The molecule has 2 rings (SSSR count). The predicted octanol–water partition coefficient (Wildman–Crippen LogP) is 2.86. The minimum absolute atomic E-state index is 0.216. The van der Waals surface area contributed by atoms with Gasteiger partial charge in [0.15, 0.2) is 5.17 Å². The first kappa shape index (κ1) is 12.4. The molecule has 2 unspecified atom stereocenters. The molecule has 1 aliphatic rings. The zero-order chi connectivity index (χ0) is 12.3. The summed E-state index contributed by atoms with van der Waals surface area (Å²) in [5.74, 6) is 1.71. The molecule has 3 nitrogen and oxygen atoms in total. The smallest absolute Gasteiger partial charge is 0.157 e. The second-order valence-electron chi connectivity index (χ2n) is 4.68. The van der Waals surface area contributed by atoms with Gasteiger partial charge in [-0.1, -0.05) is 31.7 Å². The molecule has 0 saturated heterocycles. The Bertz CT molecular complexity index is 389. The number of thioether (sulfide) groups is 1. The number of hydrogen-bond acceptors (Lipinski definition) is 4. The van der Waals surface area contributed by atoms with E-state index in [9.17, 15) is 0 Å². The largest absolute Gasteiger partial charge is 0.357 e. The van der Waals surface area contributed by atoms with Crippen LogP contribution in [0.4, 0.5) is 0 Å². The second kappa shape index (κ2) is 5.54. The maximum Gasteiger partial charge on any atom is 0.157 e. The van der Waals surface area contributed by atoms with Crippen molar-refractivity contribution in [3.63, 3.8) is 0 Å². The van der Waals surface area contributed by atoms with Crippen molar-refractivity contribution in [1.29, 1.82) is 0 Å². The topological polar surface area (TPSA) is 37.3 Å². The molecule has 1 N–H and O–H groups in total. The molecule has 0 bridgehead atoms. The Morgan fingerprint density at radius 3 is 2.76 bits per heavy atom. The Morgan fingerprint density at radius 2 is 2.18 bits per heavy atom. The van der Waals surface area contributed by atoms with Crippen LogP contribution in [0.25, 0.3) is 0 Å². The molecule has 0 spiro atoms. The fourth-order valence-electron chi connectivity index (χ4n) is 1.70. The first-order valence-electron chi connectivity index (χ1n) is 6.05. The molecule has 92 valence electrons. The summed E-state index contributed by atoms with van der Waals surface area (Å²) in [6.45, 7) is 6.56. The number of rotatable bonds is 3. The molecular formula is C13H19N3S. The Hall–Kier alpha value is -1.03. The molecule has 0 saturated carbocycles.